The fourth-order valence-corrected chi connectivity index (χ4v) is 5.46. The van der Waals surface area contributed by atoms with E-state index >= 15 is 0 Å². The van der Waals surface area contributed by atoms with Crippen molar-refractivity contribution in [2.45, 2.75) is 58.2 Å². The van der Waals surface area contributed by atoms with E-state index in [1.165, 1.54) is 17.0 Å². The molecule has 0 atom stereocenters. The molecule has 0 saturated heterocycles. The fourth-order valence-electron chi connectivity index (χ4n) is 4.55. The van der Waals surface area contributed by atoms with Gasteiger partial charge in [-0.2, -0.15) is 0 Å². The number of thiophene rings is 1. The quantitative estimate of drug-likeness (QED) is 0.385. The zero-order valence-electron chi connectivity index (χ0n) is 20.1. The van der Waals surface area contributed by atoms with Crippen LogP contribution in [0.5, 0.6) is 0 Å². The highest BCUT2D eigenvalue weighted by Crippen LogP contribution is 2.25. The molecule has 184 valence electrons. The minimum absolute atomic E-state index is 0.0395. The van der Waals surface area contributed by atoms with E-state index in [1.807, 2.05) is 35.2 Å². The molecular weight excluding hydrogens is 461 g/mol. The molecule has 1 N–H and O–H groups in total. The molecule has 2 aromatic carbocycles. The second-order valence-electron chi connectivity index (χ2n) is 9.08. The van der Waals surface area contributed by atoms with Gasteiger partial charge in [0, 0.05) is 22.3 Å². The van der Waals surface area contributed by atoms with Crippen molar-refractivity contribution in [3.63, 3.8) is 0 Å². The second-order valence-corrected chi connectivity index (χ2v) is 10.4. The summed E-state index contributed by atoms with van der Waals surface area (Å²) in [5, 5.41) is 2.70. The number of para-hydroxylation sites is 1. The molecule has 1 heterocycles. The number of anilines is 1. The third-order valence-corrected chi connectivity index (χ3v) is 7.39. The average molecular weight is 494 g/mol. The minimum atomic E-state index is -0.491. The molecule has 35 heavy (non-hydrogen) atoms. The Balaban J connectivity index is 1.54. The number of halogens is 1. The van der Waals surface area contributed by atoms with Crippen molar-refractivity contribution in [1.82, 2.24) is 9.80 Å². The molecule has 0 radical (unpaired) electrons. The highest BCUT2D eigenvalue weighted by atomic mass is 32.1. The number of hydrogen-bond acceptors (Lipinski definition) is 3. The molecule has 3 amide bonds. The predicted octanol–water partition coefficient (Wildman–Crippen LogP) is 6.59. The molecule has 1 aliphatic carbocycles. The number of hydrogen-bond donors (Lipinski definition) is 1. The van der Waals surface area contributed by atoms with Gasteiger partial charge >= 0.3 is 6.03 Å². The van der Waals surface area contributed by atoms with Crippen molar-refractivity contribution in [3.8, 4) is 0 Å². The average Bonchev–Trinajstić information content (AvgIpc) is 3.29. The van der Waals surface area contributed by atoms with E-state index in [1.54, 1.807) is 28.4 Å². The van der Waals surface area contributed by atoms with Crippen LogP contribution in [0.25, 0.3) is 0 Å². The smallest absolute Gasteiger partial charge is 0.322 e. The van der Waals surface area contributed by atoms with Crippen LogP contribution in [0.1, 0.15) is 47.4 Å². The first kappa shape index (κ1) is 24.9. The van der Waals surface area contributed by atoms with E-state index < -0.39 is 11.8 Å². The van der Waals surface area contributed by atoms with Gasteiger partial charge in [-0.15, -0.1) is 11.3 Å². The Bertz CT molecular complexity index is 1130. The van der Waals surface area contributed by atoms with Gasteiger partial charge in [-0.25, -0.2) is 9.18 Å². The Morgan fingerprint density at radius 1 is 0.943 bits per heavy atom. The van der Waals surface area contributed by atoms with Gasteiger partial charge in [0.25, 0.3) is 0 Å². The fraction of sp³-hybridized carbons (Fsp3) is 0.357. The lowest BCUT2D eigenvalue weighted by Crippen LogP contribution is -2.49. The summed E-state index contributed by atoms with van der Waals surface area (Å²) in [5.74, 6) is -0.608. The van der Waals surface area contributed by atoms with E-state index in [0.717, 1.165) is 42.5 Å². The summed E-state index contributed by atoms with van der Waals surface area (Å²) in [7, 11) is 0. The van der Waals surface area contributed by atoms with Crippen molar-refractivity contribution in [3.05, 3.63) is 87.9 Å². The maximum Gasteiger partial charge on any atom is 0.322 e. The lowest BCUT2D eigenvalue weighted by Gasteiger charge is -2.35. The maximum atomic E-state index is 14.2. The molecule has 3 aromatic rings. The first-order chi connectivity index (χ1) is 17.0. The molecule has 0 aliphatic heterocycles. The number of aryl methyl sites for hydroxylation is 1. The third kappa shape index (κ3) is 6.92. The van der Waals surface area contributed by atoms with Gasteiger partial charge in [-0.3, -0.25) is 4.79 Å². The van der Waals surface area contributed by atoms with E-state index in [9.17, 15) is 14.0 Å². The number of carbonyl (C=O) groups is 2. The van der Waals surface area contributed by atoms with Gasteiger partial charge in [0.1, 0.15) is 12.4 Å². The molecule has 4 rings (SSSR count). The molecule has 1 aromatic heterocycles. The van der Waals surface area contributed by atoms with Crippen LogP contribution in [0, 0.1) is 12.7 Å². The molecule has 0 bridgehead atoms. The third-order valence-electron chi connectivity index (χ3n) is 6.41. The lowest BCUT2D eigenvalue weighted by atomic mass is 9.94. The first-order valence-electron chi connectivity index (χ1n) is 12.2. The Morgan fingerprint density at radius 3 is 2.34 bits per heavy atom. The summed E-state index contributed by atoms with van der Waals surface area (Å²) in [5.41, 5.74) is 1.16. The summed E-state index contributed by atoms with van der Waals surface area (Å²) >= 11 is 1.67. The van der Waals surface area contributed by atoms with Gasteiger partial charge in [0.05, 0.1) is 12.2 Å². The Morgan fingerprint density at radius 2 is 1.66 bits per heavy atom. The monoisotopic (exact) mass is 493 g/mol. The van der Waals surface area contributed by atoms with Gasteiger partial charge in [-0.05, 0) is 49.6 Å². The second kappa shape index (κ2) is 12.0. The standard InChI is InChI=1S/C28H32FN3O2S/c1-21-16-17-24(35-21)19-31(18-22-10-4-2-5-11-22)27(33)20-32(23-12-6-3-7-13-23)28(34)30-26-15-9-8-14-25(26)29/h2,4-5,8-11,14-17,23H,3,6-7,12-13,18-20H2,1H3,(H,30,34). The molecule has 1 saturated carbocycles. The zero-order chi connectivity index (χ0) is 24.6. The van der Waals surface area contributed by atoms with Crippen LogP contribution in [0.4, 0.5) is 14.9 Å². The van der Waals surface area contributed by atoms with Crippen molar-refractivity contribution in [2.75, 3.05) is 11.9 Å². The highest BCUT2D eigenvalue weighted by molar-refractivity contribution is 7.11. The van der Waals surface area contributed by atoms with Crippen LogP contribution in [0.3, 0.4) is 0 Å². The van der Waals surface area contributed by atoms with E-state index in [-0.39, 0.29) is 24.2 Å². The van der Waals surface area contributed by atoms with Crippen LogP contribution in [0.2, 0.25) is 0 Å². The molecule has 0 spiro atoms. The van der Waals surface area contributed by atoms with Crippen molar-refractivity contribution in [1.29, 1.82) is 0 Å². The molecule has 1 fully saturated rings. The lowest BCUT2D eigenvalue weighted by molar-refractivity contribution is -0.133. The predicted molar refractivity (Wildman–Crippen MR) is 139 cm³/mol. The van der Waals surface area contributed by atoms with E-state index in [0.29, 0.717) is 13.1 Å². The van der Waals surface area contributed by atoms with Crippen LogP contribution in [-0.4, -0.2) is 34.3 Å². The largest absolute Gasteiger partial charge is 0.332 e. The number of carbonyl (C=O) groups excluding carboxylic acids is 2. The Kier molecular flexibility index (Phi) is 8.53. The molecule has 5 nitrogen and oxygen atoms in total. The summed E-state index contributed by atoms with van der Waals surface area (Å²) in [6.07, 6.45) is 4.86. The number of urea groups is 1. The van der Waals surface area contributed by atoms with Gasteiger partial charge < -0.3 is 15.1 Å². The number of benzene rings is 2. The van der Waals surface area contributed by atoms with Crippen molar-refractivity contribution >= 4 is 29.0 Å². The highest BCUT2D eigenvalue weighted by Gasteiger charge is 2.29. The van der Waals surface area contributed by atoms with Crippen LogP contribution >= 0.6 is 11.3 Å². The SMILES string of the molecule is Cc1ccc(CN(Cc2ccccc2)C(=O)CN(C(=O)Nc2ccccc2F)C2CCCCC2)s1. The normalized spacial score (nSPS) is 13.9. The molecule has 1 aliphatic rings. The number of amides is 3. The molecule has 7 heteroatoms. The van der Waals surface area contributed by atoms with Gasteiger partial charge in [0.15, 0.2) is 0 Å². The maximum absolute atomic E-state index is 14.2. The molecule has 0 unspecified atom stereocenters. The summed E-state index contributed by atoms with van der Waals surface area (Å²) < 4.78 is 14.2. The zero-order valence-corrected chi connectivity index (χ0v) is 20.9. The summed E-state index contributed by atoms with van der Waals surface area (Å²) in [4.78, 5) is 32.7. The molecular formula is C28H32FN3O2S. The number of rotatable bonds is 8. The topological polar surface area (TPSA) is 52.7 Å². The first-order valence-corrected chi connectivity index (χ1v) is 13.0. The number of nitrogens with one attached hydrogen (secondary N) is 1. The van der Waals surface area contributed by atoms with E-state index in [2.05, 4.69) is 24.4 Å². The Labute approximate surface area is 210 Å². The van der Waals surface area contributed by atoms with E-state index in [4.69, 9.17) is 0 Å². The summed E-state index contributed by atoms with van der Waals surface area (Å²) in [6.45, 7) is 2.96. The number of nitrogens with zero attached hydrogens (tertiary/aromatic N) is 2. The van der Waals surface area contributed by atoms with Crippen molar-refractivity contribution < 1.29 is 14.0 Å². The van der Waals surface area contributed by atoms with Gasteiger partial charge in [-0.1, -0.05) is 61.7 Å². The Hall–Kier alpha value is -3.19. The van der Waals surface area contributed by atoms with Crippen molar-refractivity contribution in [2.24, 2.45) is 0 Å². The van der Waals surface area contributed by atoms with Gasteiger partial charge in [0.2, 0.25) is 5.91 Å². The van der Waals surface area contributed by atoms with Crippen LogP contribution in [-0.2, 0) is 17.9 Å². The van der Waals surface area contributed by atoms with Crippen LogP contribution in [0.15, 0.2) is 66.7 Å². The summed E-state index contributed by atoms with van der Waals surface area (Å²) in [6, 6.07) is 19.6. The van der Waals surface area contributed by atoms with Crippen LogP contribution < -0.4 is 5.32 Å². The minimum Gasteiger partial charge on any atom is -0.332 e.